The number of amides is 2. The van der Waals surface area contributed by atoms with Crippen molar-refractivity contribution in [1.82, 2.24) is 9.44 Å². The van der Waals surface area contributed by atoms with E-state index in [4.69, 9.17) is 24.4 Å². The number of carboxylic acids is 2. The molecule has 0 aromatic heterocycles. The van der Waals surface area contributed by atoms with E-state index in [9.17, 15) is 68.4 Å². The molecule has 602 valence electrons. The lowest BCUT2D eigenvalue weighted by molar-refractivity contribution is -0.156. The topological polar surface area (TPSA) is 393 Å². The first-order valence-electron chi connectivity index (χ1n) is 37.9. The summed E-state index contributed by atoms with van der Waals surface area (Å²) in [4.78, 5) is 101. The molecule has 0 bridgehead atoms. The van der Waals surface area contributed by atoms with Gasteiger partial charge in [0.15, 0.2) is 0 Å². The van der Waals surface area contributed by atoms with Crippen LogP contribution in [0.15, 0.2) is 0 Å². The van der Waals surface area contributed by atoms with Crippen molar-refractivity contribution in [2.45, 2.75) is 387 Å². The van der Waals surface area contributed by atoms with Gasteiger partial charge >= 0.3 is 41.8 Å². The van der Waals surface area contributed by atoms with E-state index < -0.39 is 77.0 Å². The minimum atomic E-state index is -3.74. The van der Waals surface area contributed by atoms with Crippen LogP contribution < -0.4 is 14.6 Å². The van der Waals surface area contributed by atoms with Crippen LogP contribution in [-0.2, 0) is 96.9 Å². The third-order valence-corrected chi connectivity index (χ3v) is 18.8. The van der Waals surface area contributed by atoms with Crippen molar-refractivity contribution in [3.63, 3.8) is 0 Å². The first-order valence-corrected chi connectivity index (χ1v) is 42.9. The Kier molecular flexibility index (Phi) is 65.3. The second-order valence-electron chi connectivity index (χ2n) is 29.3. The first kappa shape index (κ1) is 103. The molecule has 0 aliphatic heterocycles. The van der Waals surface area contributed by atoms with Crippen LogP contribution in [0.1, 0.15) is 371 Å². The molecular weight excluding hydrogens is 1380 g/mol. The number of esters is 5. The predicted molar refractivity (Wildman–Crippen MR) is 400 cm³/mol. The van der Waals surface area contributed by atoms with E-state index >= 15 is 0 Å². The number of rotatable bonds is 59. The average Bonchev–Trinajstić information content (AvgIpc) is 0.934. The zero-order chi connectivity index (χ0) is 78.2. The zero-order valence-electron chi connectivity index (χ0n) is 64.9. The summed E-state index contributed by atoms with van der Waals surface area (Å²) in [6.07, 6.45) is 42.1. The summed E-state index contributed by atoms with van der Waals surface area (Å²) in [6, 6.07) is 0. The third kappa shape index (κ3) is 91.1. The number of unbranched alkanes of at least 4 members (excludes halogenated alkanes) is 33. The fourth-order valence-corrected chi connectivity index (χ4v) is 12.8. The van der Waals surface area contributed by atoms with Crippen molar-refractivity contribution in [3.8, 4) is 0 Å². The quantitative estimate of drug-likeness (QED) is 0.0214. The van der Waals surface area contributed by atoms with Gasteiger partial charge in [0, 0.05) is 57.8 Å². The maximum atomic E-state index is 11.8. The molecule has 6 N–H and O–H groups in total. The number of aliphatic carboxylic acids is 2. The highest BCUT2D eigenvalue weighted by atomic mass is 32.2. The highest BCUT2D eigenvalue weighted by Crippen LogP contribution is 2.19. The van der Waals surface area contributed by atoms with Crippen LogP contribution in [-0.4, -0.2) is 137 Å². The van der Waals surface area contributed by atoms with Gasteiger partial charge in [-0.3, -0.25) is 52.6 Å². The Morgan fingerprint density at radius 3 is 0.657 bits per heavy atom. The number of ether oxygens (including phenoxy) is 5. The highest BCUT2D eigenvalue weighted by Gasteiger charge is 2.20. The fraction of sp³-hybridized carbons (Fsp3) is 0.878. The van der Waals surface area contributed by atoms with E-state index in [2.05, 4.69) is 19.3 Å². The molecule has 0 saturated carbocycles. The molecule has 0 atom stereocenters. The van der Waals surface area contributed by atoms with Crippen LogP contribution in [0.2, 0.25) is 0 Å². The van der Waals surface area contributed by atoms with Crippen molar-refractivity contribution in [3.05, 3.63) is 0 Å². The smallest absolute Gasteiger partial charge is 0.306 e. The summed E-state index contributed by atoms with van der Waals surface area (Å²) in [5, 5.41) is 21.7. The SMILES string of the molecule is CC(C)(C)OC(=O)CCCCCCCCCCCCCCC(=O)NS(=O)(=O)CCCC(=O)O.CC(C)(C)OC(=O)CCCCCCCCCCCCCCC(=O)O.COC(=O)CCCS(=O)(=O)NC(=O)CCCCCCCCCCCCCCC(=O)OC(C)(C)C.COC(=O)CCCS(N)(=O)=O. The van der Waals surface area contributed by atoms with Gasteiger partial charge < -0.3 is 33.9 Å². The molecule has 25 nitrogen and oxygen atoms in total. The lowest BCUT2D eigenvalue weighted by Crippen LogP contribution is -2.32. The Morgan fingerprint density at radius 2 is 0.451 bits per heavy atom. The largest absolute Gasteiger partial charge is 0.481 e. The summed E-state index contributed by atoms with van der Waals surface area (Å²) < 4.78 is 96.4. The van der Waals surface area contributed by atoms with Gasteiger partial charge in [0.25, 0.3) is 0 Å². The number of nitrogens with two attached hydrogens (primary N) is 1. The Morgan fingerprint density at radius 1 is 0.275 bits per heavy atom. The maximum absolute atomic E-state index is 11.8. The molecule has 0 aromatic carbocycles. The van der Waals surface area contributed by atoms with Crippen LogP contribution in [0.3, 0.4) is 0 Å². The highest BCUT2D eigenvalue weighted by molar-refractivity contribution is 7.90. The van der Waals surface area contributed by atoms with Crippen molar-refractivity contribution in [2.75, 3.05) is 31.5 Å². The lowest BCUT2D eigenvalue weighted by Gasteiger charge is -2.19. The molecule has 28 heteroatoms. The number of methoxy groups -OCH3 is 2. The van der Waals surface area contributed by atoms with E-state index in [1.54, 1.807) is 0 Å². The van der Waals surface area contributed by atoms with Crippen LogP contribution in [0.5, 0.6) is 0 Å². The molecule has 0 unspecified atom stereocenters. The van der Waals surface area contributed by atoms with Crippen LogP contribution in [0.25, 0.3) is 0 Å². The summed E-state index contributed by atoms with van der Waals surface area (Å²) in [7, 11) is -8.37. The van der Waals surface area contributed by atoms with Crippen molar-refractivity contribution >= 4 is 83.7 Å². The van der Waals surface area contributed by atoms with Gasteiger partial charge in [-0.1, -0.05) is 193 Å². The molecule has 0 aliphatic rings. The summed E-state index contributed by atoms with van der Waals surface area (Å²) in [5.41, 5.74) is -1.17. The van der Waals surface area contributed by atoms with Gasteiger partial charge in [0.2, 0.25) is 41.9 Å². The Balaban J connectivity index is -0.000000663. The number of hydrogen-bond donors (Lipinski definition) is 5. The molecule has 0 rings (SSSR count). The zero-order valence-corrected chi connectivity index (χ0v) is 67.4. The van der Waals surface area contributed by atoms with Gasteiger partial charge in [-0.2, -0.15) is 0 Å². The normalized spacial score (nSPS) is 11.6. The number of carbonyl (C=O) groups excluding carboxylic acids is 7. The number of nitrogens with one attached hydrogen (secondary N) is 2. The number of hydrogen-bond acceptors (Lipinski definition) is 20. The molecule has 2 amide bonds. The van der Waals surface area contributed by atoms with E-state index in [0.717, 1.165) is 109 Å². The Hall–Kier alpha value is -4.96. The van der Waals surface area contributed by atoms with Crippen molar-refractivity contribution < 1.29 is 102 Å². The van der Waals surface area contributed by atoms with Gasteiger partial charge in [0.1, 0.15) is 16.8 Å². The maximum Gasteiger partial charge on any atom is 0.306 e. The molecule has 0 aliphatic carbocycles. The van der Waals surface area contributed by atoms with Gasteiger partial charge in [0.05, 0.1) is 31.5 Å². The predicted octanol–water partition coefficient (Wildman–Crippen LogP) is 15.4. The lowest BCUT2D eigenvalue weighted by atomic mass is 10.0. The minimum Gasteiger partial charge on any atom is -0.481 e. The van der Waals surface area contributed by atoms with Crippen LogP contribution >= 0.6 is 0 Å². The Labute approximate surface area is 616 Å². The third-order valence-electron chi connectivity index (χ3n) is 15.3. The summed E-state index contributed by atoms with van der Waals surface area (Å²) in [6.45, 7) is 17.0. The molecule has 0 heterocycles. The summed E-state index contributed by atoms with van der Waals surface area (Å²) in [5.74, 6) is -4.70. The second kappa shape index (κ2) is 64.4. The number of sulfonamides is 3. The molecule has 0 fully saturated rings. The van der Waals surface area contributed by atoms with Gasteiger partial charge in [-0.25, -0.2) is 30.4 Å². The van der Waals surface area contributed by atoms with Gasteiger partial charge in [-0.05, 0) is 120 Å². The second-order valence-corrected chi connectivity index (χ2v) is 34.7. The minimum absolute atomic E-state index is 0.00789. The monoisotopic (exact) mass is 1520 g/mol. The van der Waals surface area contributed by atoms with Crippen LogP contribution in [0.4, 0.5) is 0 Å². The van der Waals surface area contributed by atoms with E-state index in [0.29, 0.717) is 38.5 Å². The van der Waals surface area contributed by atoms with Crippen molar-refractivity contribution in [2.24, 2.45) is 5.14 Å². The molecular formula is C74H141N3O22S3. The van der Waals surface area contributed by atoms with E-state index in [1.165, 1.54) is 123 Å². The molecule has 0 spiro atoms. The number of carbonyl (C=O) groups is 9. The number of carboxylic acid groups (broad SMARTS) is 2. The summed E-state index contributed by atoms with van der Waals surface area (Å²) >= 11 is 0. The standard InChI is InChI=1S/C25H47NO7S.C24H45NO7S.C20H38O4.C5H11NO4S/c1-25(2,3)33-24(29)19-16-14-12-10-8-6-5-7-9-11-13-15-18-22(27)26-34(30,31)21-17-20-23(28)32-4;1-24(2,3)32-23(29)19-15-13-11-9-7-5-4-6-8-10-12-14-17-21(26)25-33(30,31)20-16-18-22(27)28;1-20(2,3)24-19(23)17-15-13-11-9-7-5-4-6-8-10-12-14-16-18(21)22;1-10-5(7)3-2-4-11(6,8)9/h5-21H2,1-4H3,(H,26,27);4-20H2,1-3H3,(H,25,26)(H,27,28);4-17H2,1-3H3,(H,21,22);2-4H2,1H3,(H2,6,8,9). The molecule has 0 saturated heterocycles. The van der Waals surface area contributed by atoms with Crippen molar-refractivity contribution in [1.29, 1.82) is 0 Å². The Bertz CT molecular complexity index is 2580. The van der Waals surface area contributed by atoms with E-state index in [1.807, 2.05) is 67.0 Å². The van der Waals surface area contributed by atoms with Crippen LogP contribution in [0, 0.1) is 0 Å². The molecule has 102 heavy (non-hydrogen) atoms. The number of primary sulfonamides is 1. The van der Waals surface area contributed by atoms with E-state index in [-0.39, 0.29) is 92.1 Å². The molecule has 0 radical (unpaired) electrons. The first-order chi connectivity index (χ1) is 47.6. The van der Waals surface area contributed by atoms with Gasteiger partial charge in [-0.15, -0.1) is 0 Å². The molecule has 0 aromatic rings. The average molecular weight is 1520 g/mol. The fourth-order valence-electron chi connectivity index (χ4n) is 10.1.